The first-order chi connectivity index (χ1) is 9.45. The van der Waals surface area contributed by atoms with Crippen molar-refractivity contribution in [1.29, 1.82) is 0 Å². The van der Waals surface area contributed by atoms with E-state index in [2.05, 4.69) is 26.0 Å². The van der Waals surface area contributed by atoms with Crippen molar-refractivity contribution in [2.75, 3.05) is 0 Å². The van der Waals surface area contributed by atoms with E-state index in [1.54, 1.807) is 10.9 Å². The van der Waals surface area contributed by atoms with Crippen LogP contribution in [0, 0.1) is 6.92 Å². The summed E-state index contributed by atoms with van der Waals surface area (Å²) in [7, 11) is 0. The van der Waals surface area contributed by atoms with Crippen LogP contribution < -0.4 is 0 Å². The van der Waals surface area contributed by atoms with Crippen LogP contribution in [0.15, 0.2) is 29.0 Å². The van der Waals surface area contributed by atoms with Gasteiger partial charge in [-0.25, -0.2) is 0 Å². The molecule has 0 saturated heterocycles. The Balaban J connectivity index is 0.000000956. The van der Waals surface area contributed by atoms with Crippen molar-refractivity contribution in [2.45, 2.75) is 40.2 Å². The molecule has 0 radical (unpaired) electrons. The molecule has 0 atom stereocenters. The Hall–Kier alpha value is -1.49. The minimum atomic E-state index is -0.649. The lowest BCUT2D eigenvalue weighted by Crippen LogP contribution is -2.28. The minimum Gasteiger partial charge on any atom is -0.301 e. The van der Waals surface area contributed by atoms with Crippen molar-refractivity contribution < 1.29 is 4.79 Å². The van der Waals surface area contributed by atoms with E-state index >= 15 is 0 Å². The Bertz CT molecular complexity index is 591. The molecular formula is C15H20BrN3O. The number of aldehydes is 1. The van der Waals surface area contributed by atoms with Gasteiger partial charge in [0.05, 0.1) is 0 Å². The Morgan fingerprint density at radius 2 is 1.95 bits per heavy atom. The van der Waals surface area contributed by atoms with Gasteiger partial charge in [0.15, 0.2) is 0 Å². The highest BCUT2D eigenvalue weighted by atomic mass is 79.9. The van der Waals surface area contributed by atoms with Crippen LogP contribution in [0.3, 0.4) is 0 Å². The van der Waals surface area contributed by atoms with Gasteiger partial charge in [0.1, 0.15) is 23.2 Å². The zero-order valence-electron chi connectivity index (χ0n) is 12.5. The third-order valence-corrected chi connectivity index (χ3v) is 3.40. The quantitative estimate of drug-likeness (QED) is 0.796. The van der Waals surface area contributed by atoms with Crippen LogP contribution in [-0.4, -0.2) is 21.1 Å². The Morgan fingerprint density at radius 3 is 2.50 bits per heavy atom. The summed E-state index contributed by atoms with van der Waals surface area (Å²) in [6.45, 7) is 9.61. The summed E-state index contributed by atoms with van der Waals surface area (Å²) in [5.74, 6) is 0. The molecule has 2 rings (SSSR count). The highest BCUT2D eigenvalue weighted by molar-refractivity contribution is 9.10. The van der Waals surface area contributed by atoms with E-state index in [0.29, 0.717) is 0 Å². The van der Waals surface area contributed by atoms with E-state index < -0.39 is 5.54 Å². The average Bonchev–Trinajstić information content (AvgIpc) is 2.84. The number of carbonyl (C=O) groups excluding carboxylic acids is 1. The first kappa shape index (κ1) is 16.6. The second-order valence-electron chi connectivity index (χ2n) is 4.71. The standard InChI is InChI=1S/C13H14BrN3O.C2H6/c1-9-7-17(13(2,3)8-18)16-11(9)12-10(14)5-4-6-15-12;1-2/h4-8H,1-3H3;1-2H3. The Labute approximate surface area is 128 Å². The third kappa shape index (κ3) is 3.33. The molecule has 0 N–H and O–H groups in total. The van der Waals surface area contributed by atoms with Gasteiger partial charge in [-0.2, -0.15) is 5.10 Å². The lowest BCUT2D eigenvalue weighted by molar-refractivity contribution is -0.114. The maximum Gasteiger partial charge on any atom is 0.147 e. The molecule has 2 heterocycles. The van der Waals surface area contributed by atoms with E-state index in [4.69, 9.17) is 0 Å². The number of carbonyl (C=O) groups is 1. The fraction of sp³-hybridized carbons (Fsp3) is 0.400. The highest BCUT2D eigenvalue weighted by Crippen LogP contribution is 2.28. The lowest BCUT2D eigenvalue weighted by Gasteiger charge is -2.17. The number of aryl methyl sites for hydroxylation is 1. The van der Waals surface area contributed by atoms with E-state index in [-0.39, 0.29) is 0 Å². The summed E-state index contributed by atoms with van der Waals surface area (Å²) in [4.78, 5) is 15.4. The summed E-state index contributed by atoms with van der Waals surface area (Å²) in [6.07, 6.45) is 4.48. The fourth-order valence-corrected chi connectivity index (χ4v) is 2.05. The number of rotatable bonds is 3. The van der Waals surface area contributed by atoms with Crippen LogP contribution in [0.25, 0.3) is 11.4 Å². The smallest absolute Gasteiger partial charge is 0.147 e. The molecule has 0 saturated carbocycles. The molecule has 20 heavy (non-hydrogen) atoms. The highest BCUT2D eigenvalue weighted by Gasteiger charge is 2.22. The predicted octanol–water partition coefficient (Wildman–Crippen LogP) is 3.98. The van der Waals surface area contributed by atoms with Gasteiger partial charge in [0.2, 0.25) is 0 Å². The zero-order chi connectivity index (χ0) is 15.3. The van der Waals surface area contributed by atoms with Gasteiger partial charge in [0, 0.05) is 16.9 Å². The SMILES string of the molecule is CC.Cc1cn(C(C)(C)C=O)nc1-c1ncccc1Br. The van der Waals surface area contributed by atoms with E-state index in [9.17, 15) is 4.79 Å². The van der Waals surface area contributed by atoms with Crippen molar-refractivity contribution in [2.24, 2.45) is 0 Å². The molecule has 2 aromatic rings. The van der Waals surface area contributed by atoms with Crippen molar-refractivity contribution in [3.05, 3.63) is 34.6 Å². The summed E-state index contributed by atoms with van der Waals surface area (Å²) < 4.78 is 2.56. The molecule has 0 fully saturated rings. The molecule has 5 heteroatoms. The number of hydrogen-bond donors (Lipinski definition) is 0. The maximum absolute atomic E-state index is 11.1. The van der Waals surface area contributed by atoms with Gasteiger partial charge in [-0.15, -0.1) is 0 Å². The molecule has 0 aliphatic heterocycles. The molecule has 0 aliphatic rings. The Morgan fingerprint density at radius 1 is 1.30 bits per heavy atom. The van der Waals surface area contributed by atoms with Crippen molar-refractivity contribution >= 4 is 22.2 Å². The second-order valence-corrected chi connectivity index (χ2v) is 5.56. The fourth-order valence-electron chi connectivity index (χ4n) is 1.60. The normalized spacial score (nSPS) is 10.7. The summed E-state index contributed by atoms with van der Waals surface area (Å²) in [6, 6.07) is 3.78. The largest absolute Gasteiger partial charge is 0.301 e. The van der Waals surface area contributed by atoms with Crippen LogP contribution in [0.5, 0.6) is 0 Å². The van der Waals surface area contributed by atoms with Gasteiger partial charge in [-0.1, -0.05) is 13.8 Å². The lowest BCUT2D eigenvalue weighted by atomic mass is 10.1. The van der Waals surface area contributed by atoms with Gasteiger partial charge < -0.3 is 4.79 Å². The molecule has 108 valence electrons. The zero-order valence-corrected chi connectivity index (χ0v) is 14.1. The molecule has 0 amide bonds. The first-order valence-electron chi connectivity index (χ1n) is 6.59. The molecule has 4 nitrogen and oxygen atoms in total. The van der Waals surface area contributed by atoms with Crippen molar-refractivity contribution in [3.8, 4) is 11.4 Å². The van der Waals surface area contributed by atoms with Crippen LogP contribution in [0.4, 0.5) is 0 Å². The van der Waals surface area contributed by atoms with Crippen molar-refractivity contribution in [1.82, 2.24) is 14.8 Å². The minimum absolute atomic E-state index is 0.649. The summed E-state index contributed by atoms with van der Waals surface area (Å²) >= 11 is 3.46. The maximum atomic E-state index is 11.1. The molecule has 0 bridgehead atoms. The number of pyridine rings is 1. The summed E-state index contributed by atoms with van der Waals surface area (Å²) in [5.41, 5.74) is 1.92. The van der Waals surface area contributed by atoms with Crippen LogP contribution >= 0.6 is 15.9 Å². The molecule has 0 aliphatic carbocycles. The number of nitrogens with zero attached hydrogens (tertiary/aromatic N) is 3. The van der Waals surface area contributed by atoms with Crippen LogP contribution in [-0.2, 0) is 10.3 Å². The van der Waals surface area contributed by atoms with Crippen molar-refractivity contribution in [3.63, 3.8) is 0 Å². The average molecular weight is 338 g/mol. The summed E-state index contributed by atoms with van der Waals surface area (Å²) in [5, 5.41) is 4.48. The van der Waals surface area contributed by atoms with E-state index in [1.165, 1.54) is 0 Å². The van der Waals surface area contributed by atoms with Gasteiger partial charge in [-0.3, -0.25) is 9.67 Å². The number of aromatic nitrogens is 3. The molecule has 0 spiro atoms. The monoisotopic (exact) mass is 337 g/mol. The van der Waals surface area contributed by atoms with Crippen LogP contribution in [0.1, 0.15) is 33.3 Å². The number of halogens is 1. The predicted molar refractivity (Wildman–Crippen MR) is 84.6 cm³/mol. The van der Waals surface area contributed by atoms with Gasteiger partial charge >= 0.3 is 0 Å². The van der Waals surface area contributed by atoms with Gasteiger partial charge in [-0.05, 0) is 54.4 Å². The van der Waals surface area contributed by atoms with E-state index in [1.807, 2.05) is 52.9 Å². The number of hydrogen-bond acceptors (Lipinski definition) is 3. The van der Waals surface area contributed by atoms with E-state index in [0.717, 1.165) is 27.7 Å². The third-order valence-electron chi connectivity index (χ3n) is 2.76. The molecule has 0 aromatic carbocycles. The second kappa shape index (κ2) is 6.79. The topological polar surface area (TPSA) is 47.8 Å². The molecule has 0 unspecified atom stereocenters. The first-order valence-corrected chi connectivity index (χ1v) is 7.39. The molecule has 2 aromatic heterocycles. The molecular weight excluding hydrogens is 318 g/mol. The van der Waals surface area contributed by atoms with Gasteiger partial charge in [0.25, 0.3) is 0 Å². The van der Waals surface area contributed by atoms with Crippen LogP contribution in [0.2, 0.25) is 0 Å². The Kier molecular flexibility index (Phi) is 5.62.